The molecule has 0 aliphatic carbocycles. The third kappa shape index (κ3) is 161. The minimum atomic E-state index is 0.0278. The number of carbonyl (C=O) groups is 2. The van der Waals surface area contributed by atoms with E-state index in [0.717, 1.165) is 0 Å². The van der Waals surface area contributed by atoms with Crippen molar-refractivity contribution < 1.29 is 24.5 Å². The molecule has 92 valence electrons. The molecule has 5 heteroatoms. The molecule has 15 heavy (non-hydrogen) atoms. The topological polar surface area (TPSA) is 83.8 Å². The summed E-state index contributed by atoms with van der Waals surface area (Å²) >= 11 is 0. The first kappa shape index (κ1) is 19.7. The second-order valence-corrected chi connectivity index (χ2v) is 2.88. The minimum Gasteiger partial charge on any atom is -0.394 e. The van der Waals surface area contributed by atoms with Crippen molar-refractivity contribution in [3.05, 3.63) is 0 Å². The summed E-state index contributed by atoms with van der Waals surface area (Å²) in [4.78, 5) is 18.9. The summed E-state index contributed by atoms with van der Waals surface area (Å²) in [5, 5.41) is 16.2. The Morgan fingerprint density at radius 1 is 0.867 bits per heavy atom. The van der Waals surface area contributed by atoms with Crippen molar-refractivity contribution >= 4 is 11.6 Å². The number of ether oxygens (including phenoxy) is 1. The van der Waals surface area contributed by atoms with E-state index in [1.807, 2.05) is 0 Å². The van der Waals surface area contributed by atoms with E-state index in [9.17, 15) is 9.59 Å². The Balaban J connectivity index is -0.000000155. The number of hydrogen-bond donors (Lipinski definition) is 2. The third-order valence-electron chi connectivity index (χ3n) is 0.471. The molecule has 0 unspecified atom stereocenters. The number of aliphatic hydroxyl groups is 2. The van der Waals surface area contributed by atoms with Crippen LogP contribution in [0.3, 0.4) is 0 Å². The molecule has 0 aromatic heterocycles. The van der Waals surface area contributed by atoms with Crippen molar-refractivity contribution in [2.75, 3.05) is 26.4 Å². The lowest BCUT2D eigenvalue weighted by Crippen LogP contribution is -2.03. The number of ketones is 2. The molecule has 0 amide bonds. The summed E-state index contributed by atoms with van der Waals surface area (Å²) in [6, 6.07) is 0. The van der Waals surface area contributed by atoms with Gasteiger partial charge in [0, 0.05) is 0 Å². The molecule has 0 aliphatic rings. The van der Waals surface area contributed by atoms with Gasteiger partial charge in [-0.15, -0.1) is 0 Å². The van der Waals surface area contributed by atoms with Gasteiger partial charge in [0.25, 0.3) is 0 Å². The van der Waals surface area contributed by atoms with Gasteiger partial charge in [0.1, 0.15) is 11.6 Å². The molecular weight excluding hydrogens is 200 g/mol. The maximum Gasteiger partial charge on any atom is 0.126 e. The predicted molar refractivity (Wildman–Crippen MR) is 57.7 cm³/mol. The van der Waals surface area contributed by atoms with Gasteiger partial charge in [-0.3, -0.25) is 0 Å². The van der Waals surface area contributed by atoms with E-state index in [-0.39, 0.29) is 24.8 Å². The van der Waals surface area contributed by atoms with Gasteiger partial charge in [-0.25, -0.2) is 0 Å². The highest BCUT2D eigenvalue weighted by atomic mass is 16.5. The average molecular weight is 222 g/mol. The van der Waals surface area contributed by atoms with Crippen LogP contribution in [0.1, 0.15) is 27.7 Å². The van der Waals surface area contributed by atoms with E-state index in [1.54, 1.807) is 0 Å². The van der Waals surface area contributed by atoms with E-state index < -0.39 is 0 Å². The van der Waals surface area contributed by atoms with Crippen LogP contribution >= 0.6 is 0 Å². The van der Waals surface area contributed by atoms with Crippen LogP contribution in [0.25, 0.3) is 0 Å². The average Bonchev–Trinajstić information content (AvgIpc) is 2.03. The molecule has 0 heterocycles. The summed E-state index contributed by atoms with van der Waals surface area (Å²) in [5.41, 5.74) is 0. The molecule has 0 radical (unpaired) electrons. The van der Waals surface area contributed by atoms with Gasteiger partial charge < -0.3 is 24.5 Å². The first-order chi connectivity index (χ1) is 6.88. The molecule has 0 aromatic rings. The lowest BCUT2D eigenvalue weighted by molar-refractivity contribution is -0.115. The van der Waals surface area contributed by atoms with Gasteiger partial charge in [-0.2, -0.15) is 0 Å². The lowest BCUT2D eigenvalue weighted by Gasteiger charge is -1.94. The summed E-state index contributed by atoms with van der Waals surface area (Å²) in [6.07, 6.45) is 0. The van der Waals surface area contributed by atoms with Gasteiger partial charge in [0.05, 0.1) is 26.4 Å². The summed E-state index contributed by atoms with van der Waals surface area (Å²) in [7, 11) is 0. The standard InChI is InChI=1S/C4H10O3.2C3H6O/c5-1-3-7-4-2-6;2*1-3(2)4/h5-6H,1-4H2;2*1-2H3. The summed E-state index contributed by atoms with van der Waals surface area (Å²) < 4.78 is 4.63. The third-order valence-corrected chi connectivity index (χ3v) is 0.471. The SMILES string of the molecule is CC(C)=O.CC(C)=O.OCCOCCO. The van der Waals surface area contributed by atoms with E-state index in [0.29, 0.717) is 13.2 Å². The maximum absolute atomic E-state index is 9.44. The van der Waals surface area contributed by atoms with Gasteiger partial charge in [0.2, 0.25) is 0 Å². The van der Waals surface area contributed by atoms with Gasteiger partial charge in [-0.1, -0.05) is 0 Å². The van der Waals surface area contributed by atoms with Crippen LogP contribution in [0.5, 0.6) is 0 Å². The Hall–Kier alpha value is -0.780. The Morgan fingerprint density at radius 2 is 1.07 bits per heavy atom. The van der Waals surface area contributed by atoms with E-state index in [2.05, 4.69) is 4.74 Å². The lowest BCUT2D eigenvalue weighted by atomic mass is 10.6. The molecule has 0 spiro atoms. The van der Waals surface area contributed by atoms with Crippen LogP contribution in [0, 0.1) is 0 Å². The molecular formula is C10H22O5. The minimum absolute atomic E-state index is 0.0278. The fraction of sp³-hybridized carbons (Fsp3) is 0.800. The van der Waals surface area contributed by atoms with Crippen molar-refractivity contribution in [3.8, 4) is 0 Å². The molecule has 0 saturated carbocycles. The fourth-order valence-electron chi connectivity index (χ4n) is 0.231. The van der Waals surface area contributed by atoms with Crippen molar-refractivity contribution in [2.45, 2.75) is 27.7 Å². The van der Waals surface area contributed by atoms with Gasteiger partial charge in [0.15, 0.2) is 0 Å². The van der Waals surface area contributed by atoms with Crippen LogP contribution in [-0.4, -0.2) is 48.2 Å². The van der Waals surface area contributed by atoms with Gasteiger partial charge in [-0.05, 0) is 27.7 Å². The molecule has 0 aliphatic heterocycles. The molecule has 0 rings (SSSR count). The Morgan fingerprint density at radius 3 is 1.20 bits per heavy atom. The monoisotopic (exact) mass is 222 g/mol. The highest BCUT2D eigenvalue weighted by molar-refractivity contribution is 5.72. The Kier molecular flexibility index (Phi) is 24.9. The van der Waals surface area contributed by atoms with E-state index in [1.165, 1.54) is 27.7 Å². The zero-order valence-corrected chi connectivity index (χ0v) is 9.95. The van der Waals surface area contributed by atoms with Crippen LogP contribution in [0.2, 0.25) is 0 Å². The molecule has 2 N–H and O–H groups in total. The Labute approximate surface area is 91.1 Å². The largest absolute Gasteiger partial charge is 0.394 e. The number of rotatable bonds is 4. The maximum atomic E-state index is 9.44. The van der Waals surface area contributed by atoms with Crippen molar-refractivity contribution in [1.29, 1.82) is 0 Å². The number of Topliss-reactive ketones (excluding diaryl/α,β-unsaturated/α-hetero) is 2. The Bertz CT molecular complexity index is 121. The first-order valence-electron chi connectivity index (χ1n) is 4.62. The summed E-state index contributed by atoms with van der Waals surface area (Å²) in [5.74, 6) is 0.333. The normalized spacial score (nSPS) is 7.87. The van der Waals surface area contributed by atoms with Crippen LogP contribution in [-0.2, 0) is 14.3 Å². The molecule has 0 fully saturated rings. The number of carbonyl (C=O) groups excluding carboxylic acids is 2. The quantitative estimate of drug-likeness (QED) is 0.663. The second-order valence-electron chi connectivity index (χ2n) is 2.88. The highest BCUT2D eigenvalue weighted by Crippen LogP contribution is 1.68. The fourth-order valence-corrected chi connectivity index (χ4v) is 0.231. The molecule has 5 nitrogen and oxygen atoms in total. The van der Waals surface area contributed by atoms with E-state index in [4.69, 9.17) is 10.2 Å². The first-order valence-corrected chi connectivity index (χ1v) is 4.62. The molecule has 0 atom stereocenters. The molecule has 0 aromatic carbocycles. The zero-order valence-electron chi connectivity index (χ0n) is 9.95. The molecule has 0 saturated heterocycles. The number of aliphatic hydroxyl groups excluding tert-OH is 2. The zero-order chi connectivity index (χ0) is 12.7. The molecule has 0 bridgehead atoms. The van der Waals surface area contributed by atoms with Crippen LogP contribution < -0.4 is 0 Å². The van der Waals surface area contributed by atoms with Gasteiger partial charge >= 0.3 is 0 Å². The van der Waals surface area contributed by atoms with Crippen molar-refractivity contribution in [1.82, 2.24) is 0 Å². The van der Waals surface area contributed by atoms with Crippen LogP contribution in [0.15, 0.2) is 0 Å². The van der Waals surface area contributed by atoms with Crippen molar-refractivity contribution in [3.63, 3.8) is 0 Å². The van der Waals surface area contributed by atoms with Crippen molar-refractivity contribution in [2.24, 2.45) is 0 Å². The highest BCUT2D eigenvalue weighted by Gasteiger charge is 1.79. The van der Waals surface area contributed by atoms with E-state index >= 15 is 0 Å². The summed E-state index contributed by atoms with van der Waals surface area (Å²) in [6.45, 7) is 6.81. The second kappa shape index (κ2) is 18.9. The smallest absolute Gasteiger partial charge is 0.126 e. The van der Waals surface area contributed by atoms with Crippen LogP contribution in [0.4, 0.5) is 0 Å². The predicted octanol–water partition coefficient (Wildman–Crippen LogP) is 0.178. The number of hydrogen-bond acceptors (Lipinski definition) is 5.